The van der Waals surface area contributed by atoms with Gasteiger partial charge in [0.25, 0.3) is 11.8 Å². The Kier molecular flexibility index (Phi) is 4.07. The van der Waals surface area contributed by atoms with Crippen LogP contribution in [0.3, 0.4) is 0 Å². The lowest BCUT2D eigenvalue weighted by molar-refractivity contribution is 0.0640. The summed E-state index contributed by atoms with van der Waals surface area (Å²) < 4.78 is 5.14. The number of amides is 2. The molecule has 0 unspecified atom stereocenters. The highest BCUT2D eigenvalue weighted by Gasteiger charge is 2.36. The SMILES string of the molecule is COc1cc(C(C)=O)nc(CN2C(=O)c3ccccc3C2=O)c1Cl. The van der Waals surface area contributed by atoms with E-state index < -0.39 is 11.8 Å². The van der Waals surface area contributed by atoms with Gasteiger partial charge in [0.2, 0.25) is 0 Å². The molecule has 6 nitrogen and oxygen atoms in total. The summed E-state index contributed by atoms with van der Waals surface area (Å²) in [7, 11) is 1.41. The van der Waals surface area contributed by atoms with Crippen LogP contribution in [0, 0.1) is 0 Å². The Morgan fingerprint density at radius 3 is 2.29 bits per heavy atom. The largest absolute Gasteiger partial charge is 0.495 e. The van der Waals surface area contributed by atoms with Crippen molar-refractivity contribution >= 4 is 29.2 Å². The normalized spacial score (nSPS) is 13.2. The van der Waals surface area contributed by atoms with Crippen LogP contribution in [-0.2, 0) is 6.54 Å². The third-order valence-corrected chi connectivity index (χ3v) is 4.16. The molecule has 24 heavy (non-hydrogen) atoms. The Labute approximate surface area is 143 Å². The van der Waals surface area contributed by atoms with E-state index in [1.165, 1.54) is 20.1 Å². The predicted octanol–water partition coefficient (Wildman–Crippen LogP) is 2.74. The number of carbonyl (C=O) groups is 3. The van der Waals surface area contributed by atoms with Crippen molar-refractivity contribution in [2.75, 3.05) is 7.11 Å². The first-order valence-electron chi connectivity index (χ1n) is 7.13. The molecule has 2 heterocycles. The Hall–Kier alpha value is -2.73. The summed E-state index contributed by atoms with van der Waals surface area (Å²) in [5, 5.41) is 0.166. The lowest BCUT2D eigenvalue weighted by Crippen LogP contribution is -2.30. The van der Waals surface area contributed by atoms with Gasteiger partial charge in [0.15, 0.2) is 5.78 Å². The van der Waals surface area contributed by atoms with Gasteiger partial charge >= 0.3 is 0 Å². The number of halogens is 1. The molecule has 122 valence electrons. The van der Waals surface area contributed by atoms with Crippen LogP contribution in [0.1, 0.15) is 43.8 Å². The van der Waals surface area contributed by atoms with Gasteiger partial charge in [-0.1, -0.05) is 23.7 Å². The molecule has 7 heteroatoms. The zero-order valence-corrected chi connectivity index (χ0v) is 13.8. The van der Waals surface area contributed by atoms with Crippen molar-refractivity contribution in [2.45, 2.75) is 13.5 Å². The van der Waals surface area contributed by atoms with E-state index in [2.05, 4.69) is 4.98 Å². The summed E-state index contributed by atoms with van der Waals surface area (Å²) in [6.45, 7) is 1.23. The molecule has 1 aliphatic rings. The third kappa shape index (κ3) is 2.55. The molecule has 0 saturated heterocycles. The Morgan fingerprint density at radius 1 is 1.21 bits per heavy atom. The fraction of sp³-hybridized carbons (Fsp3) is 0.176. The number of imide groups is 1. The monoisotopic (exact) mass is 344 g/mol. The van der Waals surface area contributed by atoms with Crippen molar-refractivity contribution in [1.82, 2.24) is 9.88 Å². The van der Waals surface area contributed by atoms with Gasteiger partial charge < -0.3 is 4.74 Å². The smallest absolute Gasteiger partial charge is 0.261 e. The van der Waals surface area contributed by atoms with E-state index in [9.17, 15) is 14.4 Å². The van der Waals surface area contributed by atoms with Gasteiger partial charge in [-0.3, -0.25) is 19.3 Å². The van der Waals surface area contributed by atoms with Gasteiger partial charge in [0, 0.05) is 13.0 Å². The lowest BCUT2D eigenvalue weighted by Gasteiger charge is -2.16. The Morgan fingerprint density at radius 2 is 1.79 bits per heavy atom. The molecule has 3 rings (SSSR count). The Balaban J connectivity index is 2.01. The fourth-order valence-corrected chi connectivity index (χ4v) is 2.76. The molecule has 2 amide bonds. The predicted molar refractivity (Wildman–Crippen MR) is 86.4 cm³/mol. The minimum atomic E-state index is -0.416. The van der Waals surface area contributed by atoms with E-state index in [4.69, 9.17) is 16.3 Å². The quantitative estimate of drug-likeness (QED) is 0.629. The molecule has 1 aromatic heterocycles. The Bertz CT molecular complexity index is 844. The number of ether oxygens (including phenoxy) is 1. The number of ketones is 1. The summed E-state index contributed by atoms with van der Waals surface area (Å²) in [5.74, 6) is -0.835. The number of hydrogen-bond acceptors (Lipinski definition) is 5. The van der Waals surface area contributed by atoms with Crippen molar-refractivity contribution in [1.29, 1.82) is 0 Å². The van der Waals surface area contributed by atoms with Gasteiger partial charge in [-0.15, -0.1) is 0 Å². The number of methoxy groups -OCH3 is 1. The number of fused-ring (bicyclic) bond motifs is 1. The van der Waals surface area contributed by atoms with Crippen LogP contribution in [0.25, 0.3) is 0 Å². The molecule has 1 aromatic carbocycles. The minimum absolute atomic E-state index is 0.136. The van der Waals surface area contributed by atoms with Gasteiger partial charge in [-0.25, -0.2) is 4.98 Å². The number of pyridine rings is 1. The van der Waals surface area contributed by atoms with Gasteiger partial charge in [0.1, 0.15) is 16.5 Å². The molecule has 2 aromatic rings. The topological polar surface area (TPSA) is 76.6 Å². The fourth-order valence-electron chi connectivity index (χ4n) is 2.52. The van der Waals surface area contributed by atoms with Crippen LogP contribution >= 0.6 is 11.6 Å². The van der Waals surface area contributed by atoms with Gasteiger partial charge in [-0.2, -0.15) is 0 Å². The first-order chi connectivity index (χ1) is 11.4. The maximum Gasteiger partial charge on any atom is 0.261 e. The van der Waals surface area contributed by atoms with Crippen molar-refractivity contribution in [3.63, 3.8) is 0 Å². The van der Waals surface area contributed by atoms with E-state index in [1.54, 1.807) is 24.3 Å². The summed E-state index contributed by atoms with van der Waals surface area (Å²) >= 11 is 6.22. The van der Waals surface area contributed by atoms with Crippen LogP contribution in [0.2, 0.25) is 5.02 Å². The second-order valence-electron chi connectivity index (χ2n) is 5.27. The number of Topliss-reactive ketones (excluding diaryl/α,β-unsaturated/α-hetero) is 1. The van der Waals surface area contributed by atoms with Crippen LogP contribution in [0.5, 0.6) is 5.75 Å². The highest BCUT2D eigenvalue weighted by molar-refractivity contribution is 6.33. The van der Waals surface area contributed by atoms with Crippen molar-refractivity contribution in [2.24, 2.45) is 0 Å². The summed E-state index contributed by atoms with van der Waals surface area (Å²) in [4.78, 5) is 41.7. The molecule has 0 fully saturated rings. The van der Waals surface area contributed by atoms with E-state index >= 15 is 0 Å². The molecule has 0 saturated carbocycles. The number of benzene rings is 1. The lowest BCUT2D eigenvalue weighted by atomic mass is 10.1. The number of nitrogens with zero attached hydrogens (tertiary/aromatic N) is 2. The molecule has 0 spiro atoms. The number of hydrogen-bond donors (Lipinski definition) is 0. The van der Waals surface area contributed by atoms with E-state index in [0.717, 1.165) is 4.90 Å². The summed E-state index contributed by atoms with van der Waals surface area (Å²) in [6, 6.07) is 8.00. The molecule has 0 aliphatic carbocycles. The van der Waals surface area contributed by atoms with E-state index in [-0.39, 0.29) is 34.5 Å². The maximum atomic E-state index is 12.4. The maximum absolute atomic E-state index is 12.4. The zero-order valence-electron chi connectivity index (χ0n) is 13.0. The average molecular weight is 345 g/mol. The van der Waals surface area contributed by atoms with Crippen LogP contribution in [0.4, 0.5) is 0 Å². The molecular formula is C17H13ClN2O4. The van der Waals surface area contributed by atoms with Crippen molar-refractivity contribution in [3.05, 3.63) is 57.9 Å². The van der Waals surface area contributed by atoms with E-state index in [1.807, 2.05) is 0 Å². The number of rotatable bonds is 4. The van der Waals surface area contributed by atoms with Crippen molar-refractivity contribution < 1.29 is 19.1 Å². The highest BCUT2D eigenvalue weighted by Crippen LogP contribution is 2.31. The van der Waals surface area contributed by atoms with Gasteiger partial charge in [0.05, 0.1) is 30.5 Å². The van der Waals surface area contributed by atoms with Crippen molar-refractivity contribution in [3.8, 4) is 5.75 Å². The first-order valence-corrected chi connectivity index (χ1v) is 7.51. The molecule has 0 radical (unpaired) electrons. The standard InChI is InChI=1S/C17H13ClN2O4/c1-9(21)12-7-14(24-2)15(18)13(19-12)8-20-16(22)10-5-3-4-6-11(10)17(20)23/h3-7H,8H2,1-2H3. The summed E-state index contributed by atoms with van der Waals surface area (Å²) in [6.07, 6.45) is 0. The molecule has 0 atom stereocenters. The zero-order chi connectivity index (χ0) is 17.4. The molecule has 0 bridgehead atoms. The minimum Gasteiger partial charge on any atom is -0.495 e. The first kappa shape index (κ1) is 16.1. The molecule has 0 N–H and O–H groups in total. The van der Waals surface area contributed by atoms with Gasteiger partial charge in [-0.05, 0) is 12.1 Å². The van der Waals surface area contributed by atoms with Crippen LogP contribution < -0.4 is 4.74 Å². The molecule has 1 aliphatic heterocycles. The number of aromatic nitrogens is 1. The third-order valence-electron chi connectivity index (χ3n) is 3.76. The van der Waals surface area contributed by atoms with Crippen LogP contribution in [-0.4, -0.2) is 34.6 Å². The highest BCUT2D eigenvalue weighted by atomic mass is 35.5. The summed E-state index contributed by atoms with van der Waals surface area (Å²) in [5.41, 5.74) is 1.07. The number of carbonyl (C=O) groups excluding carboxylic acids is 3. The molecular weight excluding hydrogens is 332 g/mol. The average Bonchev–Trinajstić information content (AvgIpc) is 2.81. The van der Waals surface area contributed by atoms with E-state index in [0.29, 0.717) is 11.1 Å². The second kappa shape index (κ2) is 6.05. The van der Waals surface area contributed by atoms with Crippen LogP contribution in [0.15, 0.2) is 30.3 Å². The second-order valence-corrected chi connectivity index (χ2v) is 5.65.